The number of benzene rings is 1. The van der Waals surface area contributed by atoms with E-state index in [4.69, 9.17) is 4.74 Å². The molecule has 0 aromatic heterocycles. The molecule has 0 fully saturated rings. The molecule has 0 radical (unpaired) electrons. The number of rotatable bonds is 3. The molecule has 0 unspecified atom stereocenters. The van der Waals surface area contributed by atoms with Crippen molar-refractivity contribution in [3.8, 4) is 5.75 Å². The van der Waals surface area contributed by atoms with Crippen LogP contribution in [0.5, 0.6) is 5.75 Å². The van der Waals surface area contributed by atoms with Crippen molar-refractivity contribution in [1.29, 1.82) is 0 Å². The molecule has 0 aliphatic heterocycles. The molecule has 1 N–H and O–H groups in total. The van der Waals surface area contributed by atoms with Crippen LogP contribution in [0.1, 0.15) is 70.0 Å². The molecule has 0 aliphatic rings. The van der Waals surface area contributed by atoms with Crippen LogP contribution in [0.25, 0.3) is 0 Å². The molecule has 0 atom stereocenters. The Labute approximate surface area is 140 Å². The van der Waals surface area contributed by atoms with Gasteiger partial charge in [-0.2, -0.15) is 0 Å². The number of carboxylic acids is 1. The van der Waals surface area contributed by atoms with E-state index in [9.17, 15) is 9.90 Å². The Bertz CT molecular complexity index is 508. The van der Waals surface area contributed by atoms with Crippen LogP contribution >= 0.6 is 0 Å². The summed E-state index contributed by atoms with van der Waals surface area (Å²) in [5.74, 6) is -0.439. The fourth-order valence-electron chi connectivity index (χ4n) is 2.08. The number of carbonyl (C=O) groups is 1. The molecule has 0 saturated carbocycles. The number of aromatic carboxylic acids is 1. The van der Waals surface area contributed by atoms with Crippen molar-refractivity contribution in [2.75, 3.05) is 6.61 Å². The van der Waals surface area contributed by atoms with E-state index < -0.39 is 5.97 Å². The van der Waals surface area contributed by atoms with Crippen LogP contribution < -0.4 is 4.74 Å². The van der Waals surface area contributed by atoms with Crippen LogP contribution in [-0.4, -0.2) is 17.7 Å². The second-order valence-electron chi connectivity index (χ2n) is 7.14. The zero-order valence-corrected chi connectivity index (χ0v) is 17.3. The molecule has 0 bridgehead atoms. The SMILES string of the molecule is CCOc1c(C(=O)O)cc(C(C)(C)C)cc1C(C)(C)C.[Zn]. The van der Waals surface area contributed by atoms with Gasteiger partial charge in [0.2, 0.25) is 0 Å². The molecule has 4 heteroatoms. The fraction of sp³-hybridized carbons (Fsp3) is 0.588. The maximum Gasteiger partial charge on any atom is 0.339 e. The van der Waals surface area contributed by atoms with E-state index >= 15 is 0 Å². The quantitative estimate of drug-likeness (QED) is 0.829. The largest absolute Gasteiger partial charge is 0.493 e. The number of ether oxygens (including phenoxy) is 1. The van der Waals surface area contributed by atoms with Gasteiger partial charge in [-0.15, -0.1) is 0 Å². The van der Waals surface area contributed by atoms with Gasteiger partial charge in [0.1, 0.15) is 11.3 Å². The van der Waals surface area contributed by atoms with Crippen LogP contribution in [0, 0.1) is 0 Å². The summed E-state index contributed by atoms with van der Waals surface area (Å²) < 4.78 is 5.64. The molecule has 0 saturated heterocycles. The van der Waals surface area contributed by atoms with Crippen molar-refractivity contribution in [3.05, 3.63) is 28.8 Å². The van der Waals surface area contributed by atoms with Gasteiger partial charge in [-0.05, 0) is 29.4 Å². The number of carboxylic acid groups (broad SMARTS) is 1. The molecule has 0 spiro atoms. The molecular weight excluding hydrogens is 318 g/mol. The second kappa shape index (κ2) is 6.92. The van der Waals surface area contributed by atoms with Gasteiger partial charge >= 0.3 is 5.97 Å². The van der Waals surface area contributed by atoms with Gasteiger partial charge < -0.3 is 9.84 Å². The fourth-order valence-corrected chi connectivity index (χ4v) is 2.08. The molecular formula is C17H26O3Zn. The van der Waals surface area contributed by atoms with E-state index in [1.165, 1.54) is 0 Å². The molecule has 0 aliphatic carbocycles. The minimum absolute atomic E-state index is 0. The van der Waals surface area contributed by atoms with Crippen LogP contribution in [0.4, 0.5) is 0 Å². The second-order valence-corrected chi connectivity index (χ2v) is 7.14. The summed E-state index contributed by atoms with van der Waals surface area (Å²) >= 11 is 0. The van der Waals surface area contributed by atoms with Gasteiger partial charge in [0.15, 0.2) is 0 Å². The summed E-state index contributed by atoms with van der Waals surface area (Å²) in [6.45, 7) is 14.8. The summed E-state index contributed by atoms with van der Waals surface area (Å²) in [6.07, 6.45) is 0. The number of hydrogen-bond acceptors (Lipinski definition) is 2. The van der Waals surface area contributed by atoms with Gasteiger partial charge in [0.25, 0.3) is 0 Å². The summed E-state index contributed by atoms with van der Waals surface area (Å²) in [6, 6.07) is 3.82. The molecule has 1 aromatic carbocycles. The van der Waals surface area contributed by atoms with Crippen molar-refractivity contribution < 1.29 is 34.1 Å². The topological polar surface area (TPSA) is 46.5 Å². The Morgan fingerprint density at radius 2 is 1.62 bits per heavy atom. The molecule has 21 heavy (non-hydrogen) atoms. The summed E-state index contributed by atoms with van der Waals surface area (Å²) in [5, 5.41) is 9.49. The minimum Gasteiger partial charge on any atom is -0.493 e. The van der Waals surface area contributed by atoms with Crippen LogP contribution in [0.15, 0.2) is 12.1 Å². The smallest absolute Gasteiger partial charge is 0.339 e. The molecule has 1 rings (SSSR count). The number of hydrogen-bond donors (Lipinski definition) is 1. The minimum atomic E-state index is -0.940. The standard InChI is InChI=1S/C17H26O3.Zn/c1-8-20-14-12(15(18)19)9-11(16(2,3)4)10-13(14)17(5,6)7;/h9-10H,8H2,1-7H3,(H,18,19);. The average molecular weight is 344 g/mol. The van der Waals surface area contributed by atoms with Gasteiger partial charge in [0, 0.05) is 25.0 Å². The molecule has 0 amide bonds. The maximum absolute atomic E-state index is 11.6. The molecule has 1 aromatic rings. The maximum atomic E-state index is 11.6. The summed E-state index contributed by atoms with van der Waals surface area (Å²) in [5.41, 5.74) is 1.95. The Morgan fingerprint density at radius 3 is 1.95 bits per heavy atom. The molecule has 0 heterocycles. The van der Waals surface area contributed by atoms with Crippen molar-refractivity contribution in [2.24, 2.45) is 0 Å². The van der Waals surface area contributed by atoms with Gasteiger partial charge in [-0.1, -0.05) is 47.6 Å². The Balaban J connectivity index is 0.00000400. The van der Waals surface area contributed by atoms with Gasteiger partial charge in [0.05, 0.1) is 6.61 Å². The van der Waals surface area contributed by atoms with E-state index in [0.29, 0.717) is 12.4 Å². The molecule has 3 nitrogen and oxygen atoms in total. The van der Waals surface area contributed by atoms with Gasteiger partial charge in [-0.3, -0.25) is 0 Å². The summed E-state index contributed by atoms with van der Waals surface area (Å²) in [4.78, 5) is 11.6. The van der Waals surface area contributed by atoms with E-state index in [1.807, 2.05) is 6.92 Å². The van der Waals surface area contributed by atoms with Crippen LogP contribution in [-0.2, 0) is 30.3 Å². The average Bonchev–Trinajstić information content (AvgIpc) is 2.26. The first kappa shape index (κ1) is 20.1. The van der Waals surface area contributed by atoms with Crippen molar-refractivity contribution in [2.45, 2.75) is 59.3 Å². The van der Waals surface area contributed by atoms with Crippen molar-refractivity contribution in [3.63, 3.8) is 0 Å². The van der Waals surface area contributed by atoms with Crippen LogP contribution in [0.2, 0.25) is 0 Å². The first-order chi connectivity index (χ1) is 8.98. The molecule has 114 valence electrons. The first-order valence-corrected chi connectivity index (χ1v) is 7.03. The van der Waals surface area contributed by atoms with Crippen LogP contribution in [0.3, 0.4) is 0 Å². The van der Waals surface area contributed by atoms with E-state index in [2.05, 4.69) is 47.6 Å². The van der Waals surface area contributed by atoms with Crippen molar-refractivity contribution >= 4 is 5.97 Å². The van der Waals surface area contributed by atoms with Gasteiger partial charge in [-0.25, -0.2) is 4.79 Å². The Morgan fingerprint density at radius 1 is 1.10 bits per heavy atom. The normalized spacial score (nSPS) is 11.8. The summed E-state index contributed by atoms with van der Waals surface area (Å²) in [7, 11) is 0. The Kier molecular flexibility index (Phi) is 6.62. The monoisotopic (exact) mass is 342 g/mol. The predicted molar refractivity (Wildman–Crippen MR) is 82.0 cm³/mol. The predicted octanol–water partition coefficient (Wildman–Crippen LogP) is 4.38. The first-order valence-electron chi connectivity index (χ1n) is 7.03. The zero-order valence-electron chi connectivity index (χ0n) is 14.3. The van der Waals surface area contributed by atoms with E-state index in [1.54, 1.807) is 6.07 Å². The third-order valence-corrected chi connectivity index (χ3v) is 3.28. The third-order valence-electron chi connectivity index (χ3n) is 3.28. The van der Waals surface area contributed by atoms with E-state index in [-0.39, 0.29) is 35.9 Å². The van der Waals surface area contributed by atoms with E-state index in [0.717, 1.165) is 11.1 Å². The third kappa shape index (κ3) is 4.81. The van der Waals surface area contributed by atoms with Crippen molar-refractivity contribution in [1.82, 2.24) is 0 Å². The zero-order chi connectivity index (χ0) is 15.7. The Hall–Kier alpha value is -0.887.